The summed E-state index contributed by atoms with van der Waals surface area (Å²) >= 11 is 6.26. The first kappa shape index (κ1) is 24.6. The predicted molar refractivity (Wildman–Crippen MR) is 102 cm³/mol. The van der Waals surface area contributed by atoms with Gasteiger partial charge >= 0.3 is 11.9 Å². The Morgan fingerprint density at radius 3 is 2.35 bits per heavy atom. The monoisotopic (exact) mass is 485 g/mol. The summed E-state index contributed by atoms with van der Waals surface area (Å²) in [6.07, 6.45) is -6.50. The lowest BCUT2D eigenvalue weighted by Crippen LogP contribution is -2.22. The molecule has 14 heteroatoms. The summed E-state index contributed by atoms with van der Waals surface area (Å²) in [6.45, 7) is 2.17. The van der Waals surface area contributed by atoms with E-state index < -0.39 is 53.7 Å². The van der Waals surface area contributed by atoms with Crippen LogP contribution in [0.1, 0.15) is 56.8 Å². The number of aromatic nitrogens is 2. The number of hydrogen-bond acceptors (Lipinski definition) is 7. The number of carbonyl (C=O) groups excluding carboxylic acids is 3. The molecule has 0 aliphatic carbocycles. The van der Waals surface area contributed by atoms with Gasteiger partial charge in [-0.05, 0) is 19.4 Å². The number of halogens is 5. The van der Waals surface area contributed by atoms with E-state index in [4.69, 9.17) is 16.3 Å². The third kappa shape index (κ3) is 5.15. The molecular weight excluding hydrogens is 470 g/mol. The zero-order chi connectivity index (χ0) is 23.5. The average Bonchev–Trinajstić information content (AvgIpc) is 3.18. The van der Waals surface area contributed by atoms with Crippen molar-refractivity contribution < 1.29 is 41.4 Å². The highest BCUT2D eigenvalue weighted by Gasteiger charge is 2.30. The van der Waals surface area contributed by atoms with Crippen LogP contribution >= 0.6 is 22.9 Å². The number of anilines is 1. The van der Waals surface area contributed by atoms with Crippen molar-refractivity contribution in [3.8, 4) is 0 Å². The second-order valence-corrected chi connectivity index (χ2v) is 7.26. The third-order valence-corrected chi connectivity index (χ3v) is 5.49. The standard InChI is InChI=1S/C17H16ClF4N3O5S/c1-4-30-17(28)12-6(2)8(16(27)29-3)15(31-12)23-7(26)5-25-11(14(21)22)9(18)10(24-25)13(19)20/h13-14H,4-5H2,1-3H3,(H,23,26). The van der Waals surface area contributed by atoms with E-state index in [9.17, 15) is 31.9 Å². The van der Waals surface area contributed by atoms with E-state index in [-0.39, 0.29) is 27.6 Å². The minimum Gasteiger partial charge on any atom is -0.465 e. The van der Waals surface area contributed by atoms with Gasteiger partial charge in [0.1, 0.15) is 27.8 Å². The van der Waals surface area contributed by atoms with Crippen LogP contribution in [-0.2, 0) is 20.8 Å². The average molecular weight is 486 g/mol. The summed E-state index contributed by atoms with van der Waals surface area (Å²) in [6, 6.07) is 0. The fourth-order valence-corrected chi connectivity index (χ4v) is 3.99. The Balaban J connectivity index is 2.38. The molecule has 0 radical (unpaired) electrons. The molecule has 2 aromatic rings. The molecule has 1 amide bonds. The van der Waals surface area contributed by atoms with Gasteiger partial charge in [0.2, 0.25) is 5.91 Å². The number of amides is 1. The summed E-state index contributed by atoms with van der Waals surface area (Å²) in [4.78, 5) is 36.6. The van der Waals surface area contributed by atoms with Crippen molar-refractivity contribution in [2.24, 2.45) is 0 Å². The molecule has 0 saturated carbocycles. The Labute approximate surface area is 182 Å². The molecule has 2 aromatic heterocycles. The lowest BCUT2D eigenvalue weighted by Gasteiger charge is -2.08. The number of nitrogens with zero attached hydrogens (tertiary/aromatic N) is 2. The minimum atomic E-state index is -3.27. The van der Waals surface area contributed by atoms with E-state index in [1.165, 1.54) is 6.92 Å². The van der Waals surface area contributed by atoms with Gasteiger partial charge in [-0.3, -0.25) is 9.48 Å². The van der Waals surface area contributed by atoms with Gasteiger partial charge in [0.25, 0.3) is 12.9 Å². The van der Waals surface area contributed by atoms with Crippen molar-refractivity contribution in [3.05, 3.63) is 32.4 Å². The zero-order valence-corrected chi connectivity index (χ0v) is 17.9. The van der Waals surface area contributed by atoms with Crippen LogP contribution in [0.4, 0.5) is 22.6 Å². The summed E-state index contributed by atoms with van der Waals surface area (Å²) in [5, 5.41) is 4.54. The van der Waals surface area contributed by atoms with Crippen LogP contribution in [0.25, 0.3) is 0 Å². The highest BCUT2D eigenvalue weighted by Crippen LogP contribution is 2.36. The Bertz CT molecular complexity index is 1010. The highest BCUT2D eigenvalue weighted by atomic mass is 35.5. The van der Waals surface area contributed by atoms with Crippen molar-refractivity contribution in [1.29, 1.82) is 0 Å². The summed E-state index contributed by atoms with van der Waals surface area (Å²) in [5.41, 5.74) is -2.09. The van der Waals surface area contributed by atoms with Gasteiger partial charge in [-0.2, -0.15) is 5.10 Å². The van der Waals surface area contributed by atoms with Crippen LogP contribution in [0, 0.1) is 6.92 Å². The molecule has 0 spiro atoms. The van der Waals surface area contributed by atoms with Crippen LogP contribution in [0.15, 0.2) is 0 Å². The molecule has 0 saturated heterocycles. The quantitative estimate of drug-likeness (QED) is 0.440. The summed E-state index contributed by atoms with van der Waals surface area (Å²) < 4.78 is 62.3. The van der Waals surface area contributed by atoms with E-state index in [1.807, 2.05) is 0 Å². The largest absolute Gasteiger partial charge is 0.465 e. The fourth-order valence-electron chi connectivity index (χ4n) is 2.58. The van der Waals surface area contributed by atoms with Gasteiger partial charge in [0.15, 0.2) is 0 Å². The molecule has 0 aromatic carbocycles. The molecule has 2 rings (SSSR count). The van der Waals surface area contributed by atoms with Crippen molar-refractivity contribution in [3.63, 3.8) is 0 Å². The fraction of sp³-hybridized carbons (Fsp3) is 0.412. The van der Waals surface area contributed by atoms with Crippen molar-refractivity contribution in [1.82, 2.24) is 9.78 Å². The van der Waals surface area contributed by atoms with E-state index in [0.717, 1.165) is 7.11 Å². The lowest BCUT2D eigenvalue weighted by atomic mass is 10.1. The van der Waals surface area contributed by atoms with E-state index >= 15 is 0 Å². The summed E-state index contributed by atoms with van der Waals surface area (Å²) in [7, 11) is 1.08. The predicted octanol–water partition coefficient (Wildman–Crippen LogP) is 4.38. The van der Waals surface area contributed by atoms with Gasteiger partial charge in [-0.1, -0.05) is 11.6 Å². The number of methoxy groups -OCH3 is 1. The van der Waals surface area contributed by atoms with E-state index in [2.05, 4.69) is 15.2 Å². The Morgan fingerprint density at radius 1 is 1.19 bits per heavy atom. The van der Waals surface area contributed by atoms with Crippen LogP contribution in [0.3, 0.4) is 0 Å². The minimum absolute atomic E-state index is 0.0212. The second kappa shape index (κ2) is 10.1. The Kier molecular flexibility index (Phi) is 8.01. The Hall–Kier alpha value is -2.67. The van der Waals surface area contributed by atoms with Gasteiger partial charge in [0.05, 0.1) is 24.3 Å². The van der Waals surface area contributed by atoms with Gasteiger partial charge < -0.3 is 14.8 Å². The zero-order valence-electron chi connectivity index (χ0n) is 16.3. The third-order valence-electron chi connectivity index (χ3n) is 3.91. The molecule has 2 heterocycles. The van der Waals surface area contributed by atoms with Gasteiger partial charge in [-0.25, -0.2) is 27.2 Å². The first-order valence-corrected chi connectivity index (χ1v) is 9.73. The molecule has 0 unspecified atom stereocenters. The number of ether oxygens (including phenoxy) is 2. The van der Waals surface area contributed by atoms with Crippen LogP contribution in [0.2, 0.25) is 5.02 Å². The molecule has 0 bridgehead atoms. The van der Waals surface area contributed by atoms with E-state index in [1.54, 1.807) is 6.92 Å². The summed E-state index contributed by atoms with van der Waals surface area (Å²) in [5.74, 6) is -2.59. The van der Waals surface area contributed by atoms with Gasteiger partial charge in [-0.15, -0.1) is 11.3 Å². The molecule has 1 N–H and O–H groups in total. The first-order chi connectivity index (χ1) is 14.5. The Morgan fingerprint density at radius 2 is 1.84 bits per heavy atom. The molecule has 0 atom stereocenters. The van der Waals surface area contributed by atoms with Crippen LogP contribution < -0.4 is 5.32 Å². The number of nitrogens with one attached hydrogen (secondary N) is 1. The molecule has 0 fully saturated rings. The lowest BCUT2D eigenvalue weighted by molar-refractivity contribution is -0.117. The number of rotatable bonds is 8. The highest BCUT2D eigenvalue weighted by molar-refractivity contribution is 7.18. The number of carbonyl (C=O) groups is 3. The molecule has 170 valence electrons. The maximum atomic E-state index is 13.2. The number of alkyl halides is 4. The SMILES string of the molecule is CCOC(=O)c1sc(NC(=O)Cn2nc(C(F)F)c(Cl)c2C(F)F)c(C(=O)OC)c1C. The molecule has 0 aliphatic rings. The van der Waals surface area contributed by atoms with E-state index in [0.29, 0.717) is 16.0 Å². The smallest absolute Gasteiger partial charge is 0.348 e. The number of esters is 2. The molecule has 0 aliphatic heterocycles. The molecule has 8 nitrogen and oxygen atoms in total. The normalized spacial score (nSPS) is 11.2. The molecule has 31 heavy (non-hydrogen) atoms. The van der Waals surface area contributed by atoms with Crippen LogP contribution in [0.5, 0.6) is 0 Å². The van der Waals surface area contributed by atoms with Gasteiger partial charge in [0, 0.05) is 0 Å². The van der Waals surface area contributed by atoms with Crippen molar-refractivity contribution >= 4 is 45.8 Å². The second-order valence-electron chi connectivity index (χ2n) is 5.86. The molecular formula is C17H16ClF4N3O5S. The van der Waals surface area contributed by atoms with Crippen LogP contribution in [-0.4, -0.2) is 41.3 Å². The number of thiophene rings is 1. The number of hydrogen-bond donors (Lipinski definition) is 1. The maximum absolute atomic E-state index is 13.2. The first-order valence-electron chi connectivity index (χ1n) is 8.54. The topological polar surface area (TPSA) is 99.5 Å². The van der Waals surface area contributed by atoms with Crippen molar-refractivity contribution in [2.75, 3.05) is 19.0 Å². The maximum Gasteiger partial charge on any atom is 0.348 e. The van der Waals surface area contributed by atoms with Crippen molar-refractivity contribution in [2.45, 2.75) is 33.2 Å².